The first kappa shape index (κ1) is 8.12. The van der Waals surface area contributed by atoms with Crippen LogP contribution in [0.5, 0.6) is 5.75 Å². The van der Waals surface area contributed by atoms with Gasteiger partial charge in [0.15, 0.2) is 0 Å². The highest BCUT2D eigenvalue weighted by Crippen LogP contribution is 2.55. The van der Waals surface area contributed by atoms with E-state index in [1.165, 1.54) is 0 Å². The summed E-state index contributed by atoms with van der Waals surface area (Å²) in [6.45, 7) is 9.22. The van der Waals surface area contributed by atoms with E-state index in [0.29, 0.717) is 5.92 Å². The molecule has 1 aromatic carbocycles. The van der Waals surface area contributed by atoms with Crippen molar-refractivity contribution in [3.05, 3.63) is 41.2 Å². The van der Waals surface area contributed by atoms with Gasteiger partial charge < -0.3 is 9.95 Å². The molecule has 2 atom stereocenters. The summed E-state index contributed by atoms with van der Waals surface area (Å²) >= 11 is 0. The van der Waals surface area contributed by atoms with Crippen LogP contribution >= 0.6 is 0 Å². The summed E-state index contributed by atoms with van der Waals surface area (Å²) in [4.78, 5) is 3.66. The molecule has 2 unspecified atom stereocenters. The van der Waals surface area contributed by atoms with Gasteiger partial charge in [0, 0.05) is 17.9 Å². The van der Waals surface area contributed by atoms with Crippen molar-refractivity contribution in [3.8, 4) is 5.75 Å². The van der Waals surface area contributed by atoms with Crippen molar-refractivity contribution >= 4 is 0 Å². The van der Waals surface area contributed by atoms with Gasteiger partial charge in [0.25, 0.3) is 5.54 Å². The molecule has 0 aliphatic heterocycles. The monoisotopic (exact) mass is 173 g/mol. The second-order valence-electron chi connectivity index (χ2n) is 3.69. The highest BCUT2D eigenvalue weighted by molar-refractivity contribution is 5.40. The Morgan fingerprint density at radius 3 is 2.77 bits per heavy atom. The first-order valence-electron chi connectivity index (χ1n) is 4.37. The van der Waals surface area contributed by atoms with E-state index in [4.69, 9.17) is 6.57 Å². The van der Waals surface area contributed by atoms with Crippen LogP contribution in [-0.4, -0.2) is 5.11 Å². The van der Waals surface area contributed by atoms with Gasteiger partial charge in [0.2, 0.25) is 0 Å². The normalized spacial score (nSPS) is 30.9. The summed E-state index contributed by atoms with van der Waals surface area (Å²) in [5.74, 6) is 0.673. The fraction of sp³-hybridized carbons (Fsp3) is 0.364. The van der Waals surface area contributed by atoms with E-state index < -0.39 is 0 Å². The Balaban J connectivity index is 2.42. The average molecular weight is 173 g/mol. The van der Waals surface area contributed by atoms with Gasteiger partial charge in [-0.2, -0.15) is 0 Å². The Kier molecular flexibility index (Phi) is 1.56. The Hall–Kier alpha value is -1.49. The highest BCUT2D eigenvalue weighted by Gasteiger charge is 2.60. The molecule has 66 valence electrons. The van der Waals surface area contributed by atoms with E-state index in [2.05, 4.69) is 11.8 Å². The standard InChI is InChI=1S/C11H11NO/c1-8-7-11(8,12-2)9-4-3-5-10(13)6-9/h3-6,8,13H,7H2,1H3. The van der Waals surface area contributed by atoms with Crippen LogP contribution in [0.15, 0.2) is 24.3 Å². The van der Waals surface area contributed by atoms with Crippen LogP contribution in [0.4, 0.5) is 0 Å². The molecular formula is C11H11NO. The van der Waals surface area contributed by atoms with E-state index in [9.17, 15) is 5.11 Å². The summed E-state index contributed by atoms with van der Waals surface area (Å²) in [5, 5.41) is 9.28. The molecule has 0 bridgehead atoms. The van der Waals surface area contributed by atoms with E-state index in [1.807, 2.05) is 6.07 Å². The molecule has 1 fully saturated rings. The molecule has 0 radical (unpaired) electrons. The van der Waals surface area contributed by atoms with Crippen LogP contribution in [0.1, 0.15) is 18.9 Å². The van der Waals surface area contributed by atoms with Gasteiger partial charge in [-0.3, -0.25) is 0 Å². The third kappa shape index (κ3) is 1.08. The zero-order valence-corrected chi connectivity index (χ0v) is 7.49. The number of nitrogens with zero attached hydrogens (tertiary/aromatic N) is 1. The molecule has 2 nitrogen and oxygen atoms in total. The predicted molar refractivity (Wildman–Crippen MR) is 50.2 cm³/mol. The lowest BCUT2D eigenvalue weighted by atomic mass is 10.0. The molecule has 13 heavy (non-hydrogen) atoms. The molecule has 2 rings (SSSR count). The molecule has 1 aliphatic carbocycles. The lowest BCUT2D eigenvalue weighted by Crippen LogP contribution is -2.02. The lowest BCUT2D eigenvalue weighted by Gasteiger charge is -2.03. The Bertz CT molecular complexity index is 380. The van der Waals surface area contributed by atoms with Gasteiger partial charge in [-0.25, -0.2) is 6.57 Å². The number of phenolic OH excluding ortho intramolecular Hbond substituents is 1. The number of benzene rings is 1. The topological polar surface area (TPSA) is 24.6 Å². The average Bonchev–Trinajstić information content (AvgIpc) is 2.78. The van der Waals surface area contributed by atoms with Crippen LogP contribution in [-0.2, 0) is 5.54 Å². The Morgan fingerprint density at radius 2 is 2.31 bits per heavy atom. The van der Waals surface area contributed by atoms with E-state index >= 15 is 0 Å². The maximum absolute atomic E-state index is 9.28. The molecule has 0 spiro atoms. The van der Waals surface area contributed by atoms with Crippen LogP contribution in [0.3, 0.4) is 0 Å². The molecule has 0 amide bonds. The van der Waals surface area contributed by atoms with Crippen LogP contribution in [0, 0.1) is 12.5 Å². The van der Waals surface area contributed by atoms with Crippen molar-refractivity contribution in [2.75, 3.05) is 0 Å². The van der Waals surface area contributed by atoms with Crippen molar-refractivity contribution < 1.29 is 5.11 Å². The van der Waals surface area contributed by atoms with Crippen molar-refractivity contribution in [2.45, 2.75) is 18.9 Å². The molecule has 2 heteroatoms. The van der Waals surface area contributed by atoms with Crippen molar-refractivity contribution in [3.63, 3.8) is 0 Å². The fourth-order valence-electron chi connectivity index (χ4n) is 1.81. The summed E-state index contributed by atoms with van der Waals surface area (Å²) in [6.07, 6.45) is 0.917. The molecule has 1 aromatic rings. The second-order valence-corrected chi connectivity index (χ2v) is 3.69. The van der Waals surface area contributed by atoms with Gasteiger partial charge in [-0.1, -0.05) is 19.1 Å². The molecule has 1 N–H and O–H groups in total. The van der Waals surface area contributed by atoms with Gasteiger partial charge in [0.1, 0.15) is 5.75 Å². The van der Waals surface area contributed by atoms with Crippen molar-refractivity contribution in [2.24, 2.45) is 5.92 Å². The largest absolute Gasteiger partial charge is 0.508 e. The second kappa shape index (κ2) is 2.50. The van der Waals surface area contributed by atoms with E-state index in [1.54, 1.807) is 18.2 Å². The number of hydrogen-bond donors (Lipinski definition) is 1. The number of rotatable bonds is 1. The lowest BCUT2D eigenvalue weighted by molar-refractivity contribution is 0.474. The summed E-state index contributed by atoms with van der Waals surface area (Å²) < 4.78 is 0. The maximum atomic E-state index is 9.28. The predicted octanol–water partition coefficient (Wildman–Crippen LogP) is 2.55. The Morgan fingerprint density at radius 1 is 1.62 bits per heavy atom. The smallest absolute Gasteiger partial charge is 0.261 e. The van der Waals surface area contributed by atoms with Gasteiger partial charge in [-0.15, -0.1) is 0 Å². The minimum atomic E-state index is -0.335. The molecule has 0 saturated heterocycles. The van der Waals surface area contributed by atoms with Crippen LogP contribution in [0.2, 0.25) is 0 Å². The fourth-order valence-corrected chi connectivity index (χ4v) is 1.81. The van der Waals surface area contributed by atoms with Gasteiger partial charge in [0.05, 0.1) is 0 Å². The highest BCUT2D eigenvalue weighted by atomic mass is 16.3. The molecule has 1 aliphatic rings. The summed E-state index contributed by atoms with van der Waals surface area (Å²) in [6, 6.07) is 7.04. The Labute approximate surface area is 77.6 Å². The van der Waals surface area contributed by atoms with E-state index in [0.717, 1.165) is 12.0 Å². The molecule has 0 aromatic heterocycles. The minimum absolute atomic E-state index is 0.250. The first-order valence-corrected chi connectivity index (χ1v) is 4.37. The van der Waals surface area contributed by atoms with Crippen LogP contribution < -0.4 is 0 Å². The van der Waals surface area contributed by atoms with Gasteiger partial charge >= 0.3 is 0 Å². The summed E-state index contributed by atoms with van der Waals surface area (Å²) in [5.41, 5.74) is 0.619. The molecule has 1 saturated carbocycles. The summed E-state index contributed by atoms with van der Waals surface area (Å²) in [7, 11) is 0. The first-order chi connectivity index (χ1) is 6.19. The van der Waals surface area contributed by atoms with Gasteiger partial charge in [-0.05, 0) is 12.1 Å². The van der Waals surface area contributed by atoms with Crippen LogP contribution in [0.25, 0.3) is 4.85 Å². The van der Waals surface area contributed by atoms with E-state index in [-0.39, 0.29) is 11.3 Å². The third-order valence-electron chi connectivity index (χ3n) is 2.82. The zero-order valence-electron chi connectivity index (χ0n) is 7.49. The molecule has 0 heterocycles. The van der Waals surface area contributed by atoms with Crippen molar-refractivity contribution in [1.29, 1.82) is 0 Å². The molecular weight excluding hydrogens is 162 g/mol. The number of phenols is 1. The minimum Gasteiger partial charge on any atom is -0.508 e. The van der Waals surface area contributed by atoms with Crippen molar-refractivity contribution in [1.82, 2.24) is 0 Å². The zero-order chi connectivity index (χ0) is 9.47. The maximum Gasteiger partial charge on any atom is 0.261 e. The number of aromatic hydroxyl groups is 1. The SMILES string of the molecule is [C-]#[N+]C1(c2cccc(O)c2)CC1C. The number of hydrogen-bond acceptors (Lipinski definition) is 1. The third-order valence-corrected chi connectivity index (χ3v) is 2.82. The quantitative estimate of drug-likeness (QED) is 0.648.